The molecule has 0 saturated heterocycles. The lowest BCUT2D eigenvalue weighted by Crippen LogP contribution is -2.43. The zero-order chi connectivity index (χ0) is 24.1. The van der Waals surface area contributed by atoms with Gasteiger partial charge in [-0.1, -0.05) is 13.3 Å². The Hall–Kier alpha value is -4.82. The summed E-state index contributed by atoms with van der Waals surface area (Å²) in [5.41, 5.74) is 1.26. The lowest BCUT2D eigenvalue weighted by atomic mass is 9.85. The van der Waals surface area contributed by atoms with Crippen molar-refractivity contribution in [3.8, 4) is 12.1 Å². The third-order valence-corrected chi connectivity index (χ3v) is 6.22. The quantitative estimate of drug-likeness (QED) is 0.560. The van der Waals surface area contributed by atoms with Gasteiger partial charge in [0.2, 0.25) is 0 Å². The Bertz CT molecular complexity index is 1490. The van der Waals surface area contributed by atoms with Crippen LogP contribution in [0.4, 0.5) is 5.69 Å². The third kappa shape index (κ3) is 2.76. The van der Waals surface area contributed by atoms with Crippen LogP contribution in [-0.2, 0) is 0 Å². The number of hydrogen-bond acceptors (Lipinski definition) is 6. The Morgan fingerprint density at radius 2 is 1.21 bits per heavy atom. The maximum atomic E-state index is 13.4. The molecule has 8 heteroatoms. The van der Waals surface area contributed by atoms with Crippen molar-refractivity contribution >= 4 is 40.1 Å². The fraction of sp³-hybridized carbons (Fsp3) is 0.154. The largest absolute Gasteiger partial charge is 0.274 e. The Morgan fingerprint density at radius 1 is 0.706 bits per heavy atom. The number of amides is 4. The van der Waals surface area contributed by atoms with Crippen LogP contribution < -0.4 is 4.90 Å². The number of benzene rings is 3. The second-order valence-electron chi connectivity index (χ2n) is 8.09. The van der Waals surface area contributed by atoms with Gasteiger partial charge in [-0.2, -0.15) is 10.5 Å². The Labute approximate surface area is 194 Å². The van der Waals surface area contributed by atoms with Crippen molar-refractivity contribution in [3.63, 3.8) is 0 Å². The minimum atomic E-state index is -0.636. The third-order valence-electron chi connectivity index (χ3n) is 6.22. The first-order valence-corrected chi connectivity index (χ1v) is 10.7. The van der Waals surface area contributed by atoms with Crippen LogP contribution in [0.3, 0.4) is 0 Å². The number of carbonyl (C=O) groups excluding carboxylic acids is 4. The monoisotopic (exact) mass is 448 g/mol. The number of nitrogens with zero attached hydrogens (tertiary/aromatic N) is 4. The van der Waals surface area contributed by atoms with Crippen molar-refractivity contribution in [2.24, 2.45) is 0 Å². The van der Waals surface area contributed by atoms with Crippen molar-refractivity contribution in [1.29, 1.82) is 10.5 Å². The van der Waals surface area contributed by atoms with E-state index in [4.69, 9.17) is 5.26 Å². The molecule has 34 heavy (non-hydrogen) atoms. The van der Waals surface area contributed by atoms with Crippen LogP contribution in [0.1, 0.15) is 72.3 Å². The molecule has 2 aliphatic rings. The molecule has 0 spiro atoms. The zero-order valence-electron chi connectivity index (χ0n) is 18.1. The number of carbonyl (C=O) groups is 4. The minimum Gasteiger partial charge on any atom is -0.274 e. The van der Waals surface area contributed by atoms with Crippen LogP contribution in [0.5, 0.6) is 0 Å². The van der Waals surface area contributed by atoms with E-state index in [2.05, 4.69) is 0 Å². The van der Waals surface area contributed by atoms with E-state index in [9.17, 15) is 24.4 Å². The van der Waals surface area contributed by atoms with E-state index in [0.717, 1.165) is 11.3 Å². The van der Waals surface area contributed by atoms with E-state index in [0.29, 0.717) is 18.4 Å². The van der Waals surface area contributed by atoms with E-state index >= 15 is 0 Å². The summed E-state index contributed by atoms with van der Waals surface area (Å²) < 4.78 is 0. The van der Waals surface area contributed by atoms with Crippen LogP contribution >= 0.6 is 0 Å². The zero-order valence-corrected chi connectivity index (χ0v) is 18.1. The highest BCUT2D eigenvalue weighted by atomic mass is 16.2. The Kier molecular flexibility index (Phi) is 4.73. The van der Waals surface area contributed by atoms with E-state index < -0.39 is 23.6 Å². The minimum absolute atomic E-state index is 0.0417. The number of imide groups is 2. The van der Waals surface area contributed by atoms with Gasteiger partial charge < -0.3 is 0 Å². The Balaban J connectivity index is 1.69. The van der Waals surface area contributed by atoms with E-state index in [1.165, 1.54) is 47.4 Å². The molecule has 4 amide bonds. The molecule has 5 rings (SSSR count). The number of rotatable bonds is 4. The van der Waals surface area contributed by atoms with Crippen molar-refractivity contribution in [1.82, 2.24) is 4.90 Å². The average molecular weight is 448 g/mol. The van der Waals surface area contributed by atoms with Gasteiger partial charge in [-0.3, -0.25) is 24.1 Å². The molecule has 8 nitrogen and oxygen atoms in total. The Morgan fingerprint density at radius 3 is 1.68 bits per heavy atom. The van der Waals surface area contributed by atoms with Crippen LogP contribution in [0.25, 0.3) is 10.8 Å². The van der Waals surface area contributed by atoms with Gasteiger partial charge in [-0.05, 0) is 48.9 Å². The predicted octanol–water partition coefficient (Wildman–Crippen LogP) is 3.78. The van der Waals surface area contributed by atoms with Crippen LogP contribution in [0.15, 0.2) is 42.5 Å². The fourth-order valence-electron chi connectivity index (χ4n) is 4.54. The molecule has 0 aliphatic carbocycles. The highest BCUT2D eigenvalue weighted by molar-refractivity contribution is 6.39. The smallest absolute Gasteiger partial charge is 0.265 e. The summed E-state index contributed by atoms with van der Waals surface area (Å²) in [5, 5.41) is 19.1. The summed E-state index contributed by atoms with van der Waals surface area (Å²) in [6.45, 7) is 2.26. The van der Waals surface area contributed by atoms with Crippen molar-refractivity contribution in [3.05, 3.63) is 75.8 Å². The van der Waals surface area contributed by atoms with Gasteiger partial charge in [0.15, 0.2) is 0 Å². The molecule has 0 saturated carbocycles. The first-order chi connectivity index (χ1) is 16.4. The molecule has 3 aromatic carbocycles. The van der Waals surface area contributed by atoms with Crippen molar-refractivity contribution in [2.45, 2.75) is 19.8 Å². The van der Waals surface area contributed by atoms with Gasteiger partial charge in [0, 0.05) is 39.6 Å². The first kappa shape index (κ1) is 21.0. The topological polar surface area (TPSA) is 122 Å². The highest BCUT2D eigenvalue weighted by Crippen LogP contribution is 2.39. The lowest BCUT2D eigenvalue weighted by Gasteiger charge is -2.32. The predicted molar refractivity (Wildman–Crippen MR) is 121 cm³/mol. The van der Waals surface area contributed by atoms with Gasteiger partial charge in [0.05, 0.1) is 16.8 Å². The van der Waals surface area contributed by atoms with Gasteiger partial charge in [-0.15, -0.1) is 0 Å². The number of anilines is 1. The molecule has 0 atom stereocenters. The molecule has 0 N–H and O–H groups in total. The van der Waals surface area contributed by atoms with Crippen LogP contribution in [0.2, 0.25) is 0 Å². The molecule has 2 heterocycles. The second-order valence-corrected chi connectivity index (χ2v) is 8.09. The molecule has 0 aromatic heterocycles. The van der Waals surface area contributed by atoms with Gasteiger partial charge in [0.1, 0.15) is 12.1 Å². The first-order valence-electron chi connectivity index (χ1n) is 10.7. The summed E-state index contributed by atoms with van der Waals surface area (Å²) in [6.07, 6.45) is 1.49. The van der Waals surface area contributed by atoms with E-state index in [1.807, 2.05) is 19.1 Å². The summed E-state index contributed by atoms with van der Waals surface area (Å²) in [5.74, 6) is -2.16. The molecule has 3 aromatic rings. The molecular weight excluding hydrogens is 432 g/mol. The summed E-state index contributed by atoms with van der Waals surface area (Å²) in [6, 6.07) is 14.0. The maximum Gasteiger partial charge on any atom is 0.265 e. The summed E-state index contributed by atoms with van der Waals surface area (Å²) in [7, 11) is 0. The standard InChI is InChI=1S/C26H16N4O4/c1-2-3-10-29-23(31)17-6-8-19-22-20(9-7-18(21(17)22)24(29)32)26(34)30(25(19)33)16-5-4-14(12-27)15(11-16)13-28/h4-9,11H,2-3,10H2,1H3. The normalized spacial score (nSPS) is 14.4. The summed E-state index contributed by atoms with van der Waals surface area (Å²) >= 11 is 0. The number of hydrogen-bond donors (Lipinski definition) is 0. The fourth-order valence-corrected chi connectivity index (χ4v) is 4.54. The van der Waals surface area contributed by atoms with Crippen molar-refractivity contribution in [2.75, 3.05) is 11.4 Å². The van der Waals surface area contributed by atoms with E-state index in [1.54, 1.807) is 0 Å². The van der Waals surface area contributed by atoms with Gasteiger partial charge in [-0.25, -0.2) is 4.90 Å². The molecular formula is C26H16N4O4. The van der Waals surface area contributed by atoms with Crippen molar-refractivity contribution < 1.29 is 19.2 Å². The lowest BCUT2D eigenvalue weighted by molar-refractivity contribution is 0.0607. The van der Waals surface area contributed by atoms with Crippen LogP contribution in [-0.4, -0.2) is 35.1 Å². The molecule has 0 fully saturated rings. The van der Waals surface area contributed by atoms with Crippen LogP contribution in [0, 0.1) is 22.7 Å². The van der Waals surface area contributed by atoms with E-state index in [-0.39, 0.29) is 44.5 Å². The maximum absolute atomic E-state index is 13.4. The molecule has 0 radical (unpaired) electrons. The van der Waals surface area contributed by atoms with Gasteiger partial charge in [0.25, 0.3) is 23.6 Å². The SMILES string of the molecule is CCCCN1C(=O)c2ccc3c4c(ccc(c24)C1=O)C(=O)N(c1ccc(C#N)c(C#N)c1)C3=O. The molecule has 0 unspecified atom stereocenters. The molecule has 164 valence electrons. The molecule has 2 aliphatic heterocycles. The number of unbranched alkanes of at least 4 members (excludes halogenated alkanes) is 1. The average Bonchev–Trinajstić information content (AvgIpc) is 2.85. The summed E-state index contributed by atoms with van der Waals surface area (Å²) in [4.78, 5) is 55.2. The second kappa shape index (κ2) is 7.65. The highest BCUT2D eigenvalue weighted by Gasteiger charge is 2.40. The number of nitriles is 2. The van der Waals surface area contributed by atoms with Gasteiger partial charge >= 0.3 is 0 Å². The molecule has 0 bridgehead atoms.